The van der Waals surface area contributed by atoms with E-state index in [0.717, 1.165) is 27.9 Å². The maximum Gasteiger partial charge on any atom is 0.254 e. The maximum absolute atomic E-state index is 14.0. The van der Waals surface area contributed by atoms with Gasteiger partial charge >= 0.3 is 0 Å². The van der Waals surface area contributed by atoms with Gasteiger partial charge in [-0.15, -0.1) is 0 Å². The van der Waals surface area contributed by atoms with Crippen molar-refractivity contribution in [2.45, 2.75) is 25.3 Å². The number of ether oxygens (including phenoxy) is 1. The topological polar surface area (TPSA) is 65.6 Å². The third kappa shape index (κ3) is 2.91. The molecular weight excluding hydrogens is 397 g/mol. The summed E-state index contributed by atoms with van der Waals surface area (Å²) in [5.74, 6) is 0.232. The molecule has 2 aromatic carbocycles. The van der Waals surface area contributed by atoms with Crippen molar-refractivity contribution in [1.82, 2.24) is 14.8 Å². The van der Waals surface area contributed by atoms with E-state index in [0.29, 0.717) is 31.5 Å². The Bertz CT molecular complexity index is 1200. The number of rotatable bonds is 4. The highest BCUT2D eigenvalue weighted by atomic mass is 19.1. The second kappa shape index (κ2) is 7.11. The summed E-state index contributed by atoms with van der Waals surface area (Å²) < 4.78 is 19.4. The van der Waals surface area contributed by atoms with Gasteiger partial charge in [-0.2, -0.15) is 0 Å². The molecule has 0 radical (unpaired) electrons. The fourth-order valence-electron chi connectivity index (χ4n) is 4.97. The molecular formula is C24H24FN3O3. The number of hydrogen-bond acceptors (Lipinski definition) is 3. The van der Waals surface area contributed by atoms with E-state index in [2.05, 4.69) is 4.98 Å². The molecule has 2 aliphatic heterocycles. The van der Waals surface area contributed by atoms with Gasteiger partial charge in [-0.1, -0.05) is 18.2 Å². The second-order valence-electron chi connectivity index (χ2n) is 8.33. The normalized spacial score (nSPS) is 20.7. The van der Waals surface area contributed by atoms with Gasteiger partial charge in [0.15, 0.2) is 5.54 Å². The predicted octanol–water partition coefficient (Wildman–Crippen LogP) is 3.00. The molecule has 1 atom stereocenters. The molecule has 3 aromatic rings. The minimum Gasteiger partial charge on any atom is -0.497 e. The molecule has 1 fully saturated rings. The average molecular weight is 421 g/mol. The number of fused-ring (bicyclic) bond motifs is 5. The van der Waals surface area contributed by atoms with Crippen molar-refractivity contribution < 1.29 is 18.7 Å². The van der Waals surface area contributed by atoms with Crippen LogP contribution in [0.15, 0.2) is 42.5 Å². The lowest BCUT2D eigenvalue weighted by atomic mass is 9.83. The monoisotopic (exact) mass is 421 g/mol. The van der Waals surface area contributed by atoms with E-state index < -0.39 is 5.54 Å². The van der Waals surface area contributed by atoms with Crippen molar-refractivity contribution in [1.29, 1.82) is 0 Å². The molecule has 5 rings (SSSR count). The molecule has 0 aliphatic carbocycles. The van der Waals surface area contributed by atoms with Gasteiger partial charge in [-0.05, 0) is 55.2 Å². The molecule has 160 valence electrons. The number of amides is 2. The number of methoxy groups -OCH3 is 1. The lowest BCUT2D eigenvalue weighted by Gasteiger charge is -2.49. The van der Waals surface area contributed by atoms with Gasteiger partial charge in [0, 0.05) is 24.0 Å². The van der Waals surface area contributed by atoms with Gasteiger partial charge in [0.2, 0.25) is 5.91 Å². The number of nitrogens with one attached hydrogen (secondary N) is 1. The molecule has 7 heteroatoms. The number of carbonyl (C=O) groups excluding carboxylic acids is 2. The van der Waals surface area contributed by atoms with Crippen molar-refractivity contribution in [3.05, 3.63) is 65.1 Å². The molecule has 1 saturated heterocycles. The molecule has 2 aliphatic rings. The van der Waals surface area contributed by atoms with Crippen molar-refractivity contribution in [2.75, 3.05) is 26.7 Å². The van der Waals surface area contributed by atoms with E-state index in [1.54, 1.807) is 35.1 Å². The summed E-state index contributed by atoms with van der Waals surface area (Å²) in [4.78, 5) is 33.4. The second-order valence-corrected chi connectivity index (χ2v) is 8.33. The van der Waals surface area contributed by atoms with E-state index in [1.165, 1.54) is 6.07 Å². The lowest BCUT2D eigenvalue weighted by Crippen LogP contribution is -2.67. The van der Waals surface area contributed by atoms with Crippen LogP contribution in [0.2, 0.25) is 0 Å². The molecule has 1 unspecified atom stereocenters. The lowest BCUT2D eigenvalue weighted by molar-refractivity contribution is -0.165. The number of H-pyrrole nitrogens is 1. The van der Waals surface area contributed by atoms with Crippen LogP contribution in [-0.4, -0.2) is 53.3 Å². The average Bonchev–Trinajstić information content (AvgIpc) is 3.15. The number of hydrogen-bond donors (Lipinski definition) is 1. The van der Waals surface area contributed by atoms with Crippen LogP contribution in [0, 0.1) is 5.82 Å². The molecule has 6 nitrogen and oxygen atoms in total. The summed E-state index contributed by atoms with van der Waals surface area (Å²) in [5, 5.41) is 1.01. The van der Waals surface area contributed by atoms with Crippen molar-refractivity contribution in [3.63, 3.8) is 0 Å². The summed E-state index contributed by atoms with van der Waals surface area (Å²) >= 11 is 0. The Hall–Kier alpha value is -3.35. The number of aromatic amines is 1. The first kappa shape index (κ1) is 19.6. The first-order chi connectivity index (χ1) is 14.9. The number of aromatic nitrogens is 1. The van der Waals surface area contributed by atoms with Crippen molar-refractivity contribution in [3.8, 4) is 5.75 Å². The molecule has 0 bridgehead atoms. The smallest absolute Gasteiger partial charge is 0.254 e. The Labute approximate surface area is 179 Å². The van der Waals surface area contributed by atoms with Crippen LogP contribution in [0.25, 0.3) is 10.9 Å². The largest absolute Gasteiger partial charge is 0.497 e. The van der Waals surface area contributed by atoms with Gasteiger partial charge < -0.3 is 19.5 Å². The van der Waals surface area contributed by atoms with Crippen LogP contribution in [-0.2, 0) is 28.0 Å². The van der Waals surface area contributed by atoms with E-state index in [4.69, 9.17) is 4.74 Å². The van der Waals surface area contributed by atoms with Crippen LogP contribution in [0.4, 0.5) is 4.39 Å². The summed E-state index contributed by atoms with van der Waals surface area (Å²) in [6, 6.07) is 12.3. The summed E-state index contributed by atoms with van der Waals surface area (Å²) in [6.45, 7) is 2.61. The van der Waals surface area contributed by atoms with Gasteiger partial charge in [0.25, 0.3) is 5.91 Å². The van der Waals surface area contributed by atoms with E-state index in [9.17, 15) is 14.0 Å². The maximum atomic E-state index is 14.0. The Morgan fingerprint density at radius 3 is 2.77 bits per heavy atom. The Morgan fingerprint density at radius 1 is 1.19 bits per heavy atom. The third-order valence-electron chi connectivity index (χ3n) is 6.67. The first-order valence-corrected chi connectivity index (χ1v) is 10.5. The highest BCUT2D eigenvalue weighted by Gasteiger charge is 2.53. The van der Waals surface area contributed by atoms with E-state index >= 15 is 0 Å². The van der Waals surface area contributed by atoms with Crippen LogP contribution in [0.3, 0.4) is 0 Å². The van der Waals surface area contributed by atoms with E-state index in [1.807, 2.05) is 25.1 Å². The number of carbonyl (C=O) groups is 2. The van der Waals surface area contributed by atoms with E-state index in [-0.39, 0.29) is 24.2 Å². The number of piperazine rings is 1. The molecule has 3 heterocycles. The first-order valence-electron chi connectivity index (χ1n) is 10.5. The minimum absolute atomic E-state index is 0.0201. The SMILES string of the molecule is COc1ccc2[nH]c3c(c2c1)CCN1C(=O)CN(CCc2ccccc2F)C(=O)C31C. The zero-order valence-corrected chi connectivity index (χ0v) is 17.6. The number of nitrogens with zero attached hydrogens (tertiary/aromatic N) is 2. The van der Waals surface area contributed by atoms with Crippen LogP contribution >= 0.6 is 0 Å². The minimum atomic E-state index is -1.11. The predicted molar refractivity (Wildman–Crippen MR) is 114 cm³/mol. The van der Waals surface area contributed by atoms with Crippen molar-refractivity contribution >= 4 is 22.7 Å². The quantitative estimate of drug-likeness (QED) is 0.704. The van der Waals surface area contributed by atoms with Crippen LogP contribution in [0.5, 0.6) is 5.75 Å². The fourth-order valence-corrected chi connectivity index (χ4v) is 4.97. The van der Waals surface area contributed by atoms with Crippen LogP contribution < -0.4 is 4.74 Å². The highest BCUT2D eigenvalue weighted by molar-refractivity contribution is 6.00. The molecule has 1 N–H and O–H groups in total. The zero-order valence-electron chi connectivity index (χ0n) is 17.6. The van der Waals surface area contributed by atoms with Gasteiger partial charge in [0.05, 0.1) is 19.3 Å². The summed E-state index contributed by atoms with van der Waals surface area (Å²) in [7, 11) is 1.63. The van der Waals surface area contributed by atoms with Gasteiger partial charge in [-0.25, -0.2) is 4.39 Å². The molecule has 0 spiro atoms. The molecule has 1 aromatic heterocycles. The Morgan fingerprint density at radius 2 is 2.00 bits per heavy atom. The molecule has 2 amide bonds. The molecule has 31 heavy (non-hydrogen) atoms. The van der Waals surface area contributed by atoms with Crippen molar-refractivity contribution in [2.24, 2.45) is 0 Å². The van der Waals surface area contributed by atoms with Crippen LogP contribution in [0.1, 0.15) is 23.7 Å². The Balaban J connectivity index is 1.52. The number of benzene rings is 2. The fraction of sp³-hybridized carbons (Fsp3) is 0.333. The van der Waals surface area contributed by atoms with Gasteiger partial charge in [-0.3, -0.25) is 9.59 Å². The zero-order chi connectivity index (χ0) is 21.8. The Kier molecular flexibility index (Phi) is 4.50. The number of halogens is 1. The summed E-state index contributed by atoms with van der Waals surface area (Å²) in [6.07, 6.45) is 1.03. The van der Waals surface area contributed by atoms with Gasteiger partial charge in [0.1, 0.15) is 11.6 Å². The third-order valence-corrected chi connectivity index (χ3v) is 6.67. The summed E-state index contributed by atoms with van der Waals surface area (Å²) in [5.41, 5.74) is 2.15. The standard InChI is InChI=1S/C24H24FN3O3/c1-24-22-17(18-13-16(31-2)7-8-20(18)26-22)10-12-28(24)21(29)14-27(23(24)30)11-9-15-5-3-4-6-19(15)25/h3-8,13,26H,9-12,14H2,1-2H3. The highest BCUT2D eigenvalue weighted by Crippen LogP contribution is 2.42. The molecule has 0 saturated carbocycles.